The van der Waals surface area contributed by atoms with Gasteiger partial charge in [-0.1, -0.05) is 30.3 Å². The third kappa shape index (κ3) is 4.26. The number of aromatic nitrogens is 1. The summed E-state index contributed by atoms with van der Waals surface area (Å²) in [6.07, 6.45) is 1.40. The molecule has 1 aromatic heterocycles. The van der Waals surface area contributed by atoms with Gasteiger partial charge in [0.05, 0.1) is 5.56 Å². The fourth-order valence-electron chi connectivity index (χ4n) is 1.87. The minimum Gasteiger partial charge on any atom is -0.337 e. The zero-order valence-corrected chi connectivity index (χ0v) is 12.2. The summed E-state index contributed by atoms with van der Waals surface area (Å²) in [5, 5.41) is 0.0532. The smallest absolute Gasteiger partial charge is 0.290 e. The average molecular weight is 308 g/mol. The number of rotatable bonds is 5. The molecule has 0 bridgehead atoms. The van der Waals surface area contributed by atoms with Gasteiger partial charge in [-0.15, -0.1) is 0 Å². The number of benzene rings is 1. The summed E-state index contributed by atoms with van der Waals surface area (Å²) in [7, 11) is 1.64. The van der Waals surface area contributed by atoms with Crippen LogP contribution in [0.3, 0.4) is 0 Å². The summed E-state index contributed by atoms with van der Waals surface area (Å²) >= 11 is 0.285. The van der Waals surface area contributed by atoms with Gasteiger partial charge in [0.1, 0.15) is 5.03 Å². The molecule has 0 aliphatic rings. The maximum absolute atomic E-state index is 12.5. The lowest BCUT2D eigenvalue weighted by Gasteiger charge is -2.18. The molecular weight excluding hydrogens is 294 g/mol. The number of hydrogen-bond acceptors (Lipinski definition) is 3. The Morgan fingerprint density at radius 2 is 1.95 bits per heavy atom. The van der Waals surface area contributed by atoms with Crippen molar-refractivity contribution < 1.29 is 13.6 Å². The van der Waals surface area contributed by atoms with Crippen molar-refractivity contribution in [1.29, 1.82) is 0 Å². The van der Waals surface area contributed by atoms with Crippen LogP contribution in [0.25, 0.3) is 0 Å². The average Bonchev–Trinajstić information content (AvgIpc) is 2.47. The lowest BCUT2D eigenvalue weighted by Crippen LogP contribution is -2.27. The number of amides is 1. The van der Waals surface area contributed by atoms with Crippen LogP contribution in [-0.4, -0.2) is 28.6 Å². The molecule has 1 amide bonds. The van der Waals surface area contributed by atoms with E-state index in [1.807, 2.05) is 30.3 Å². The van der Waals surface area contributed by atoms with Gasteiger partial charge in [0, 0.05) is 19.8 Å². The fourth-order valence-corrected chi connectivity index (χ4v) is 2.44. The van der Waals surface area contributed by atoms with Gasteiger partial charge in [-0.05, 0) is 29.5 Å². The van der Waals surface area contributed by atoms with Gasteiger partial charge >= 0.3 is 0 Å². The van der Waals surface area contributed by atoms with E-state index in [1.165, 1.54) is 17.2 Å². The lowest BCUT2D eigenvalue weighted by atomic mass is 10.2. The molecule has 0 radical (unpaired) electrons. The molecule has 110 valence electrons. The third-order valence-corrected chi connectivity index (χ3v) is 3.54. The van der Waals surface area contributed by atoms with E-state index in [-0.39, 0.29) is 28.3 Å². The SMILES string of the molecule is CN(Cc1ccccc1)C(=O)c1cccnc1SC(F)F. The number of halogens is 2. The highest BCUT2D eigenvalue weighted by Crippen LogP contribution is 2.27. The van der Waals surface area contributed by atoms with Crippen LogP contribution in [0.4, 0.5) is 8.78 Å². The number of pyridine rings is 1. The van der Waals surface area contributed by atoms with E-state index in [0.717, 1.165) is 5.56 Å². The molecular formula is C15H14F2N2OS. The first-order valence-corrected chi connectivity index (χ1v) is 7.15. The Hall–Kier alpha value is -1.95. The van der Waals surface area contributed by atoms with Crippen molar-refractivity contribution in [3.8, 4) is 0 Å². The van der Waals surface area contributed by atoms with E-state index in [4.69, 9.17) is 0 Å². The minimum atomic E-state index is -2.61. The van der Waals surface area contributed by atoms with Crippen LogP contribution in [0.5, 0.6) is 0 Å². The summed E-state index contributed by atoms with van der Waals surface area (Å²) in [5.41, 5.74) is 1.17. The molecule has 2 rings (SSSR count). The van der Waals surface area contributed by atoms with Gasteiger partial charge in [0.25, 0.3) is 11.7 Å². The molecule has 0 unspecified atom stereocenters. The molecule has 6 heteroatoms. The van der Waals surface area contributed by atoms with Gasteiger partial charge in [0.2, 0.25) is 0 Å². The largest absolute Gasteiger partial charge is 0.337 e. The normalized spacial score (nSPS) is 10.7. The second kappa shape index (κ2) is 7.17. The number of carbonyl (C=O) groups is 1. The second-order valence-corrected chi connectivity index (χ2v) is 5.36. The van der Waals surface area contributed by atoms with Crippen molar-refractivity contribution in [2.45, 2.75) is 17.3 Å². The van der Waals surface area contributed by atoms with Crippen molar-refractivity contribution in [3.63, 3.8) is 0 Å². The Labute approximate surface area is 126 Å². The number of carbonyl (C=O) groups excluding carboxylic acids is 1. The molecule has 0 aliphatic carbocycles. The maximum Gasteiger partial charge on any atom is 0.290 e. The topological polar surface area (TPSA) is 33.2 Å². The molecule has 2 aromatic rings. The standard InChI is InChI=1S/C15H14F2N2OS/c1-19(10-11-6-3-2-4-7-11)14(20)12-8-5-9-18-13(12)21-15(16)17/h2-9,15H,10H2,1H3. The molecule has 1 heterocycles. The van der Waals surface area contributed by atoms with Gasteiger partial charge in [-0.25, -0.2) is 4.98 Å². The Kier molecular flexibility index (Phi) is 5.27. The van der Waals surface area contributed by atoms with E-state index in [1.54, 1.807) is 13.1 Å². The highest BCUT2D eigenvalue weighted by atomic mass is 32.2. The molecule has 21 heavy (non-hydrogen) atoms. The highest BCUT2D eigenvalue weighted by Gasteiger charge is 2.19. The molecule has 0 N–H and O–H groups in total. The third-order valence-electron chi connectivity index (χ3n) is 2.81. The van der Waals surface area contributed by atoms with Crippen molar-refractivity contribution in [1.82, 2.24) is 9.88 Å². The number of thioether (sulfide) groups is 1. The Morgan fingerprint density at radius 3 is 2.62 bits per heavy atom. The first-order valence-electron chi connectivity index (χ1n) is 6.27. The molecule has 0 fully saturated rings. The van der Waals surface area contributed by atoms with Crippen LogP contribution < -0.4 is 0 Å². The van der Waals surface area contributed by atoms with Gasteiger partial charge < -0.3 is 4.90 Å². The number of alkyl halides is 2. The van der Waals surface area contributed by atoms with Crippen molar-refractivity contribution in [3.05, 3.63) is 59.8 Å². The van der Waals surface area contributed by atoms with Gasteiger partial charge in [-0.3, -0.25) is 4.79 Å². The van der Waals surface area contributed by atoms with Crippen LogP contribution in [-0.2, 0) is 6.54 Å². The first-order chi connectivity index (χ1) is 10.1. The molecule has 0 spiro atoms. The molecule has 0 saturated carbocycles. The summed E-state index contributed by atoms with van der Waals surface area (Å²) in [6, 6.07) is 12.6. The Balaban J connectivity index is 2.16. The summed E-state index contributed by atoms with van der Waals surface area (Å²) in [6.45, 7) is 0.410. The van der Waals surface area contributed by atoms with E-state index in [2.05, 4.69) is 4.98 Å². The van der Waals surface area contributed by atoms with Crippen LogP contribution in [0.15, 0.2) is 53.7 Å². The zero-order valence-electron chi connectivity index (χ0n) is 11.4. The molecule has 0 saturated heterocycles. The second-order valence-electron chi connectivity index (χ2n) is 4.38. The maximum atomic E-state index is 12.5. The first kappa shape index (κ1) is 15.4. The van der Waals surface area contributed by atoms with Crippen LogP contribution in [0, 0.1) is 0 Å². The number of nitrogens with zero attached hydrogens (tertiary/aromatic N) is 2. The van der Waals surface area contributed by atoms with Crippen LogP contribution >= 0.6 is 11.8 Å². The molecule has 3 nitrogen and oxygen atoms in total. The van der Waals surface area contributed by atoms with Crippen molar-refractivity contribution in [2.75, 3.05) is 7.05 Å². The Bertz CT molecular complexity index is 608. The fraction of sp³-hybridized carbons (Fsp3) is 0.200. The van der Waals surface area contributed by atoms with E-state index < -0.39 is 5.76 Å². The van der Waals surface area contributed by atoms with Crippen molar-refractivity contribution in [2.24, 2.45) is 0 Å². The molecule has 0 atom stereocenters. The number of hydrogen-bond donors (Lipinski definition) is 0. The minimum absolute atomic E-state index is 0.0532. The quantitative estimate of drug-likeness (QED) is 0.790. The van der Waals surface area contributed by atoms with Crippen molar-refractivity contribution >= 4 is 17.7 Å². The predicted octanol–water partition coefficient (Wildman–Crippen LogP) is 3.67. The summed E-state index contributed by atoms with van der Waals surface area (Å²) in [4.78, 5) is 17.7. The lowest BCUT2D eigenvalue weighted by molar-refractivity contribution is 0.0781. The van der Waals surface area contributed by atoms with Gasteiger partial charge in [-0.2, -0.15) is 8.78 Å². The van der Waals surface area contributed by atoms with E-state index in [9.17, 15) is 13.6 Å². The Morgan fingerprint density at radius 1 is 1.24 bits per heavy atom. The van der Waals surface area contributed by atoms with E-state index in [0.29, 0.717) is 6.54 Å². The predicted molar refractivity (Wildman–Crippen MR) is 78.3 cm³/mol. The molecule has 1 aromatic carbocycles. The molecule has 0 aliphatic heterocycles. The summed E-state index contributed by atoms with van der Waals surface area (Å²) < 4.78 is 25.0. The van der Waals surface area contributed by atoms with E-state index >= 15 is 0 Å². The van der Waals surface area contributed by atoms with Crippen LogP contribution in [0.1, 0.15) is 15.9 Å². The van der Waals surface area contributed by atoms with Crippen LogP contribution in [0.2, 0.25) is 0 Å². The summed E-state index contributed by atoms with van der Waals surface area (Å²) in [5.74, 6) is -2.93. The highest BCUT2D eigenvalue weighted by molar-refractivity contribution is 7.99. The zero-order chi connectivity index (χ0) is 15.2. The monoisotopic (exact) mass is 308 g/mol. The van der Waals surface area contributed by atoms with Gasteiger partial charge in [0.15, 0.2) is 0 Å².